The third-order valence-corrected chi connectivity index (χ3v) is 2.56. The molecular weight excluding hydrogens is 156 g/mol. The van der Waals surface area contributed by atoms with E-state index in [0.717, 1.165) is 0 Å². The molecular formula is C9H16O3. The van der Waals surface area contributed by atoms with Crippen LogP contribution in [0, 0.1) is 10.8 Å². The number of aliphatic hydroxyl groups is 1. The Bertz CT molecular complexity index is 198. The summed E-state index contributed by atoms with van der Waals surface area (Å²) in [5.41, 5.74) is -1.17. The minimum absolute atomic E-state index is 0.338. The minimum atomic E-state index is -0.857. The van der Waals surface area contributed by atoms with E-state index < -0.39 is 17.5 Å². The van der Waals surface area contributed by atoms with Crippen LogP contribution in [0.3, 0.4) is 0 Å². The number of carboxylic acids is 1. The molecule has 0 spiro atoms. The fourth-order valence-corrected chi connectivity index (χ4v) is 1.57. The molecule has 0 aliphatic heterocycles. The van der Waals surface area contributed by atoms with Crippen molar-refractivity contribution in [1.29, 1.82) is 0 Å². The van der Waals surface area contributed by atoms with Crippen molar-refractivity contribution in [2.45, 2.75) is 39.7 Å². The van der Waals surface area contributed by atoms with Gasteiger partial charge in [0.25, 0.3) is 0 Å². The van der Waals surface area contributed by atoms with E-state index in [4.69, 9.17) is 5.11 Å². The Balaban J connectivity index is 2.77. The van der Waals surface area contributed by atoms with Gasteiger partial charge in [0, 0.05) is 0 Å². The van der Waals surface area contributed by atoms with Crippen LogP contribution in [0.5, 0.6) is 0 Å². The van der Waals surface area contributed by atoms with E-state index in [1.165, 1.54) is 0 Å². The number of aliphatic carboxylic acids is 1. The molecule has 3 heteroatoms. The van der Waals surface area contributed by atoms with Gasteiger partial charge in [-0.1, -0.05) is 20.8 Å². The summed E-state index contributed by atoms with van der Waals surface area (Å²) in [6, 6.07) is 0. The first-order valence-electron chi connectivity index (χ1n) is 4.22. The molecule has 1 unspecified atom stereocenters. The first kappa shape index (κ1) is 9.52. The molecule has 0 aromatic heterocycles. The molecule has 70 valence electrons. The first-order valence-corrected chi connectivity index (χ1v) is 4.22. The summed E-state index contributed by atoms with van der Waals surface area (Å²) in [4.78, 5) is 10.8. The van der Waals surface area contributed by atoms with Crippen molar-refractivity contribution in [3.05, 3.63) is 0 Å². The van der Waals surface area contributed by atoms with Crippen LogP contribution in [-0.2, 0) is 4.79 Å². The number of hydrogen-bond donors (Lipinski definition) is 2. The van der Waals surface area contributed by atoms with E-state index in [9.17, 15) is 9.90 Å². The predicted octanol–water partition coefficient (Wildman–Crippen LogP) is 1.26. The van der Waals surface area contributed by atoms with Crippen molar-refractivity contribution < 1.29 is 15.0 Å². The van der Waals surface area contributed by atoms with Crippen molar-refractivity contribution in [2.75, 3.05) is 0 Å². The first-order chi connectivity index (χ1) is 5.31. The standard InChI is InChI=1S/C9H16O3/c1-8(2,3)6(10)9(4-5-9)7(11)12/h6,10H,4-5H2,1-3H3,(H,11,12). The molecule has 0 bridgehead atoms. The molecule has 1 atom stereocenters. The van der Waals surface area contributed by atoms with Crippen molar-refractivity contribution in [3.8, 4) is 0 Å². The van der Waals surface area contributed by atoms with Gasteiger partial charge in [-0.2, -0.15) is 0 Å². The zero-order valence-corrected chi connectivity index (χ0v) is 7.79. The molecule has 0 amide bonds. The van der Waals surface area contributed by atoms with E-state index in [2.05, 4.69) is 0 Å². The molecule has 0 radical (unpaired) electrons. The van der Waals surface area contributed by atoms with E-state index in [0.29, 0.717) is 12.8 Å². The Hall–Kier alpha value is -0.570. The Labute approximate surface area is 72.4 Å². The van der Waals surface area contributed by atoms with E-state index >= 15 is 0 Å². The van der Waals surface area contributed by atoms with Gasteiger partial charge in [0.1, 0.15) is 0 Å². The van der Waals surface area contributed by atoms with E-state index in [-0.39, 0.29) is 5.41 Å². The number of carbonyl (C=O) groups is 1. The Morgan fingerprint density at radius 3 is 1.92 bits per heavy atom. The minimum Gasteiger partial charge on any atom is -0.481 e. The molecule has 0 heterocycles. The number of hydrogen-bond acceptors (Lipinski definition) is 2. The molecule has 12 heavy (non-hydrogen) atoms. The van der Waals surface area contributed by atoms with Gasteiger partial charge in [-0.15, -0.1) is 0 Å². The fourth-order valence-electron chi connectivity index (χ4n) is 1.57. The lowest BCUT2D eigenvalue weighted by molar-refractivity contribution is -0.151. The highest BCUT2D eigenvalue weighted by Gasteiger charge is 2.58. The highest BCUT2D eigenvalue weighted by atomic mass is 16.4. The quantitative estimate of drug-likeness (QED) is 0.659. The van der Waals surface area contributed by atoms with Crippen LogP contribution in [0.4, 0.5) is 0 Å². The maximum atomic E-state index is 10.8. The Kier molecular flexibility index (Phi) is 1.95. The van der Waals surface area contributed by atoms with Crippen LogP contribution in [-0.4, -0.2) is 22.3 Å². The summed E-state index contributed by atoms with van der Waals surface area (Å²) in [6.07, 6.45) is 0.490. The fraction of sp³-hybridized carbons (Fsp3) is 0.889. The predicted molar refractivity (Wildman–Crippen MR) is 44.8 cm³/mol. The molecule has 0 saturated heterocycles. The van der Waals surface area contributed by atoms with Crippen LogP contribution in [0.15, 0.2) is 0 Å². The van der Waals surface area contributed by atoms with E-state index in [1.807, 2.05) is 20.8 Å². The maximum absolute atomic E-state index is 10.8. The van der Waals surface area contributed by atoms with Gasteiger partial charge in [0.2, 0.25) is 0 Å². The highest BCUT2D eigenvalue weighted by molar-refractivity contribution is 5.78. The third kappa shape index (κ3) is 1.33. The zero-order valence-electron chi connectivity index (χ0n) is 7.79. The molecule has 1 aliphatic carbocycles. The number of rotatable bonds is 2. The second-order valence-corrected chi connectivity index (χ2v) is 4.73. The van der Waals surface area contributed by atoms with Crippen molar-refractivity contribution in [2.24, 2.45) is 10.8 Å². The summed E-state index contributed by atoms with van der Waals surface area (Å²) < 4.78 is 0. The Morgan fingerprint density at radius 1 is 1.42 bits per heavy atom. The summed E-state index contributed by atoms with van der Waals surface area (Å²) >= 11 is 0. The third-order valence-electron chi connectivity index (χ3n) is 2.56. The smallest absolute Gasteiger partial charge is 0.312 e. The molecule has 0 aromatic rings. The highest BCUT2D eigenvalue weighted by Crippen LogP contribution is 2.53. The second kappa shape index (κ2) is 2.46. The molecule has 3 nitrogen and oxygen atoms in total. The average Bonchev–Trinajstić information content (AvgIpc) is 2.62. The van der Waals surface area contributed by atoms with Gasteiger partial charge in [-0.25, -0.2) is 0 Å². The van der Waals surface area contributed by atoms with Crippen LogP contribution < -0.4 is 0 Å². The number of aliphatic hydroxyl groups excluding tert-OH is 1. The molecule has 2 N–H and O–H groups in total. The Morgan fingerprint density at radius 2 is 1.83 bits per heavy atom. The molecule has 1 saturated carbocycles. The average molecular weight is 172 g/mol. The van der Waals surface area contributed by atoms with Crippen LogP contribution in [0.25, 0.3) is 0 Å². The lowest BCUT2D eigenvalue weighted by Gasteiger charge is -2.30. The van der Waals surface area contributed by atoms with Gasteiger partial charge in [0.15, 0.2) is 0 Å². The van der Waals surface area contributed by atoms with Gasteiger partial charge < -0.3 is 10.2 Å². The summed E-state index contributed by atoms with van der Waals surface area (Å²) in [7, 11) is 0. The lowest BCUT2D eigenvalue weighted by atomic mass is 9.79. The molecule has 1 fully saturated rings. The topological polar surface area (TPSA) is 57.5 Å². The van der Waals surface area contributed by atoms with Gasteiger partial charge in [0.05, 0.1) is 11.5 Å². The summed E-state index contributed by atoms with van der Waals surface area (Å²) in [6.45, 7) is 5.59. The normalized spacial score (nSPS) is 23.3. The van der Waals surface area contributed by atoms with Crippen molar-refractivity contribution in [3.63, 3.8) is 0 Å². The van der Waals surface area contributed by atoms with Crippen LogP contribution in [0.1, 0.15) is 33.6 Å². The zero-order chi connectivity index (χ0) is 9.57. The molecule has 1 aliphatic rings. The SMILES string of the molecule is CC(C)(C)C(O)C1(C(=O)O)CC1. The second-order valence-electron chi connectivity index (χ2n) is 4.73. The summed E-state index contributed by atoms with van der Waals surface area (Å²) in [5.74, 6) is -0.857. The van der Waals surface area contributed by atoms with Gasteiger partial charge in [-0.05, 0) is 18.3 Å². The summed E-state index contributed by atoms with van der Waals surface area (Å²) in [5, 5.41) is 18.6. The monoisotopic (exact) mass is 172 g/mol. The maximum Gasteiger partial charge on any atom is 0.312 e. The van der Waals surface area contributed by atoms with Crippen molar-refractivity contribution >= 4 is 5.97 Å². The van der Waals surface area contributed by atoms with Gasteiger partial charge >= 0.3 is 5.97 Å². The van der Waals surface area contributed by atoms with Gasteiger partial charge in [-0.3, -0.25) is 4.79 Å². The molecule has 1 rings (SSSR count). The van der Waals surface area contributed by atoms with Crippen LogP contribution >= 0.6 is 0 Å². The van der Waals surface area contributed by atoms with E-state index in [1.54, 1.807) is 0 Å². The lowest BCUT2D eigenvalue weighted by Crippen LogP contribution is -2.39. The molecule has 0 aromatic carbocycles. The van der Waals surface area contributed by atoms with Crippen LogP contribution in [0.2, 0.25) is 0 Å². The number of carboxylic acid groups (broad SMARTS) is 1. The van der Waals surface area contributed by atoms with Crippen molar-refractivity contribution in [1.82, 2.24) is 0 Å². The largest absolute Gasteiger partial charge is 0.481 e.